The number of nitrogens with one attached hydrogen (secondary N) is 1. The van der Waals surface area contributed by atoms with E-state index in [1.165, 1.54) is 4.57 Å². The minimum Gasteiger partial charge on any atom is -0.379 e. The summed E-state index contributed by atoms with van der Waals surface area (Å²) in [5.41, 5.74) is 2.56. The number of hydrogen-bond donors (Lipinski definition) is 1. The molecule has 2 heterocycles. The lowest BCUT2D eigenvalue weighted by atomic mass is 10.0. The Kier molecular flexibility index (Phi) is 5.78. The number of para-hydroxylation sites is 2. The number of hydrogen-bond acceptors (Lipinski definition) is 4. The van der Waals surface area contributed by atoms with E-state index in [4.69, 9.17) is 4.74 Å². The van der Waals surface area contributed by atoms with Gasteiger partial charge < -0.3 is 10.1 Å². The van der Waals surface area contributed by atoms with Gasteiger partial charge in [-0.05, 0) is 17.7 Å². The third kappa shape index (κ3) is 4.11. The Morgan fingerprint density at radius 3 is 2.41 bits per heavy atom. The van der Waals surface area contributed by atoms with Crippen molar-refractivity contribution in [3.05, 3.63) is 70.6 Å². The summed E-state index contributed by atoms with van der Waals surface area (Å²) >= 11 is 0. The molecule has 1 N–H and O–H groups in total. The van der Waals surface area contributed by atoms with Gasteiger partial charge in [-0.25, -0.2) is 4.79 Å². The molecule has 1 unspecified atom stereocenters. The summed E-state index contributed by atoms with van der Waals surface area (Å²) in [6.07, 6.45) is 0. The highest BCUT2D eigenvalue weighted by atomic mass is 16.5. The smallest absolute Gasteiger partial charge is 0.329 e. The fraction of sp³-hybridized carbons (Fsp3) is 0.364. The van der Waals surface area contributed by atoms with Crippen LogP contribution in [0.3, 0.4) is 0 Å². The molecule has 0 spiro atoms. The highest BCUT2D eigenvalue weighted by Gasteiger charge is 2.23. The molecule has 0 bridgehead atoms. The SMILES string of the molecule is Cn1c(=O)n(CC(=O)NCC(c2ccccc2)N2CCOCC2)c2ccccc21. The lowest BCUT2D eigenvalue weighted by molar-refractivity contribution is -0.122. The van der Waals surface area contributed by atoms with Gasteiger partial charge in [0.15, 0.2) is 0 Å². The fourth-order valence-corrected chi connectivity index (χ4v) is 3.95. The number of morpholine rings is 1. The normalized spacial score (nSPS) is 16.0. The van der Waals surface area contributed by atoms with Gasteiger partial charge in [-0.3, -0.25) is 18.8 Å². The molecule has 7 heteroatoms. The van der Waals surface area contributed by atoms with Crippen LogP contribution in [0.15, 0.2) is 59.4 Å². The van der Waals surface area contributed by atoms with Crippen molar-refractivity contribution in [2.75, 3.05) is 32.8 Å². The van der Waals surface area contributed by atoms with Gasteiger partial charge in [0.05, 0.1) is 30.3 Å². The molecule has 1 amide bonds. The molecule has 1 aliphatic heterocycles. The summed E-state index contributed by atoms with van der Waals surface area (Å²) in [5, 5.41) is 3.04. The third-order valence-electron chi connectivity index (χ3n) is 5.52. The summed E-state index contributed by atoms with van der Waals surface area (Å²) in [5.74, 6) is -0.169. The van der Waals surface area contributed by atoms with Crippen LogP contribution in [-0.4, -0.2) is 52.8 Å². The maximum absolute atomic E-state index is 12.7. The standard InChI is InChI=1S/C22H26N4O3/c1-24-18-9-5-6-10-19(18)26(22(24)28)16-21(27)23-15-20(17-7-3-2-4-8-17)25-11-13-29-14-12-25/h2-10,20H,11-16H2,1H3,(H,23,27). The lowest BCUT2D eigenvalue weighted by Crippen LogP contribution is -2.44. The zero-order valence-electron chi connectivity index (χ0n) is 16.6. The lowest BCUT2D eigenvalue weighted by Gasteiger charge is -2.35. The molecule has 4 rings (SSSR count). The van der Waals surface area contributed by atoms with Gasteiger partial charge in [-0.1, -0.05) is 42.5 Å². The summed E-state index contributed by atoms with van der Waals surface area (Å²) in [7, 11) is 1.73. The second kappa shape index (κ2) is 8.63. The van der Waals surface area contributed by atoms with E-state index in [2.05, 4.69) is 22.3 Å². The average molecular weight is 394 g/mol. The first kappa shape index (κ1) is 19.4. The van der Waals surface area contributed by atoms with E-state index >= 15 is 0 Å². The molecule has 1 saturated heterocycles. The van der Waals surface area contributed by atoms with E-state index in [1.54, 1.807) is 11.6 Å². The second-order valence-electron chi connectivity index (χ2n) is 7.30. The zero-order valence-corrected chi connectivity index (χ0v) is 16.6. The Morgan fingerprint density at radius 1 is 1.03 bits per heavy atom. The van der Waals surface area contributed by atoms with Crippen LogP contribution < -0.4 is 11.0 Å². The van der Waals surface area contributed by atoms with Crippen molar-refractivity contribution >= 4 is 16.9 Å². The highest BCUT2D eigenvalue weighted by molar-refractivity contribution is 5.80. The van der Waals surface area contributed by atoms with Crippen LogP contribution >= 0.6 is 0 Å². The summed E-state index contributed by atoms with van der Waals surface area (Å²) < 4.78 is 8.57. The quantitative estimate of drug-likeness (QED) is 0.689. The third-order valence-corrected chi connectivity index (χ3v) is 5.52. The minimum atomic E-state index is -0.186. The first-order valence-corrected chi connectivity index (χ1v) is 9.93. The molecule has 1 atom stereocenters. The predicted molar refractivity (Wildman–Crippen MR) is 112 cm³/mol. The Morgan fingerprint density at radius 2 is 1.69 bits per heavy atom. The minimum absolute atomic E-state index is 0.00477. The van der Waals surface area contributed by atoms with Gasteiger partial charge in [0, 0.05) is 26.7 Å². The maximum atomic E-state index is 12.7. The Bertz CT molecular complexity index is 1040. The van der Waals surface area contributed by atoms with Crippen LogP contribution in [0.25, 0.3) is 11.0 Å². The van der Waals surface area contributed by atoms with Crippen molar-refractivity contribution in [1.82, 2.24) is 19.4 Å². The number of aromatic nitrogens is 2. The highest BCUT2D eigenvalue weighted by Crippen LogP contribution is 2.21. The molecule has 0 aliphatic carbocycles. The summed E-state index contributed by atoms with van der Waals surface area (Å²) in [4.78, 5) is 27.6. The molecule has 152 valence electrons. The number of aryl methyl sites for hydroxylation is 1. The molecular weight excluding hydrogens is 368 g/mol. The Labute approximate surface area is 169 Å². The van der Waals surface area contributed by atoms with Gasteiger partial charge in [-0.15, -0.1) is 0 Å². The zero-order chi connectivity index (χ0) is 20.2. The first-order chi connectivity index (χ1) is 14.1. The van der Waals surface area contributed by atoms with Gasteiger partial charge >= 0.3 is 5.69 Å². The van der Waals surface area contributed by atoms with Gasteiger partial charge in [0.1, 0.15) is 6.54 Å². The number of nitrogens with zero attached hydrogens (tertiary/aromatic N) is 3. The van der Waals surface area contributed by atoms with Crippen molar-refractivity contribution in [3.8, 4) is 0 Å². The van der Waals surface area contributed by atoms with E-state index in [0.29, 0.717) is 19.8 Å². The number of carbonyl (C=O) groups excluding carboxylic acids is 1. The van der Waals surface area contributed by atoms with E-state index < -0.39 is 0 Å². The molecule has 1 fully saturated rings. The van der Waals surface area contributed by atoms with Crippen LogP contribution in [0.4, 0.5) is 0 Å². The van der Waals surface area contributed by atoms with Crippen LogP contribution in [-0.2, 0) is 23.1 Å². The van der Waals surface area contributed by atoms with E-state index in [9.17, 15) is 9.59 Å². The number of rotatable bonds is 6. The first-order valence-electron chi connectivity index (χ1n) is 9.93. The Balaban J connectivity index is 1.49. The number of carbonyl (C=O) groups is 1. The van der Waals surface area contributed by atoms with E-state index in [-0.39, 0.29) is 24.2 Å². The molecule has 3 aromatic rings. The van der Waals surface area contributed by atoms with Crippen molar-refractivity contribution in [2.24, 2.45) is 7.05 Å². The molecule has 0 saturated carbocycles. The number of amides is 1. The predicted octanol–water partition coefficient (Wildman–Crippen LogP) is 1.53. The van der Waals surface area contributed by atoms with Crippen LogP contribution in [0, 0.1) is 0 Å². The molecule has 1 aliphatic rings. The second-order valence-corrected chi connectivity index (χ2v) is 7.30. The van der Waals surface area contributed by atoms with E-state index in [0.717, 1.165) is 29.7 Å². The summed E-state index contributed by atoms with van der Waals surface area (Å²) in [6.45, 7) is 3.55. The summed E-state index contributed by atoms with van der Waals surface area (Å²) in [6, 6.07) is 17.8. The molecule has 2 aromatic carbocycles. The van der Waals surface area contributed by atoms with Crippen molar-refractivity contribution < 1.29 is 9.53 Å². The van der Waals surface area contributed by atoms with Crippen molar-refractivity contribution in [1.29, 1.82) is 0 Å². The molecule has 29 heavy (non-hydrogen) atoms. The van der Waals surface area contributed by atoms with Gasteiger partial charge in [0.25, 0.3) is 0 Å². The monoisotopic (exact) mass is 394 g/mol. The van der Waals surface area contributed by atoms with Crippen molar-refractivity contribution in [3.63, 3.8) is 0 Å². The molecule has 1 aromatic heterocycles. The number of fused-ring (bicyclic) bond motifs is 1. The number of ether oxygens (including phenoxy) is 1. The largest absolute Gasteiger partial charge is 0.379 e. The van der Waals surface area contributed by atoms with Crippen LogP contribution in [0.2, 0.25) is 0 Å². The molecular formula is C22H26N4O3. The Hall–Kier alpha value is -2.90. The van der Waals surface area contributed by atoms with Crippen LogP contribution in [0.1, 0.15) is 11.6 Å². The maximum Gasteiger partial charge on any atom is 0.329 e. The van der Waals surface area contributed by atoms with Crippen molar-refractivity contribution in [2.45, 2.75) is 12.6 Å². The molecule has 7 nitrogen and oxygen atoms in total. The molecule has 0 radical (unpaired) electrons. The topological polar surface area (TPSA) is 68.5 Å². The average Bonchev–Trinajstić information content (AvgIpc) is 3.00. The van der Waals surface area contributed by atoms with Gasteiger partial charge in [-0.2, -0.15) is 0 Å². The number of benzene rings is 2. The van der Waals surface area contributed by atoms with E-state index in [1.807, 2.05) is 42.5 Å². The fourth-order valence-electron chi connectivity index (χ4n) is 3.95. The number of imidazole rings is 1. The van der Waals surface area contributed by atoms with Gasteiger partial charge in [0.2, 0.25) is 5.91 Å². The van der Waals surface area contributed by atoms with Crippen LogP contribution in [0.5, 0.6) is 0 Å².